The molecule has 0 heterocycles. The van der Waals surface area contributed by atoms with Gasteiger partial charge in [-0.1, -0.05) is 50.8 Å². The quantitative estimate of drug-likeness (QED) is 0.617. The van der Waals surface area contributed by atoms with Crippen molar-refractivity contribution >= 4 is 0 Å². The normalized spacial score (nSPS) is 12.0. The summed E-state index contributed by atoms with van der Waals surface area (Å²) in [5.74, 6) is 7.73. The Morgan fingerprint density at radius 3 is 2.29 bits per heavy atom. The molecule has 1 atom stereocenters. The second-order valence-electron chi connectivity index (χ2n) is 3.89. The van der Waals surface area contributed by atoms with Crippen LogP contribution in [-0.4, -0.2) is 0 Å². The van der Waals surface area contributed by atoms with E-state index in [-0.39, 0.29) is 0 Å². The van der Waals surface area contributed by atoms with Gasteiger partial charge in [0, 0.05) is 11.5 Å². The van der Waals surface area contributed by atoms with Gasteiger partial charge in [0.15, 0.2) is 0 Å². The van der Waals surface area contributed by atoms with Gasteiger partial charge in [-0.2, -0.15) is 0 Å². The Morgan fingerprint density at radius 1 is 1.14 bits per heavy atom. The van der Waals surface area contributed by atoms with Gasteiger partial charge in [-0.15, -0.1) is 0 Å². The molecule has 0 aliphatic rings. The van der Waals surface area contributed by atoms with Crippen molar-refractivity contribution in [3.05, 3.63) is 35.9 Å². The van der Waals surface area contributed by atoms with Crippen LogP contribution in [0.4, 0.5) is 0 Å². The van der Waals surface area contributed by atoms with E-state index >= 15 is 0 Å². The van der Waals surface area contributed by atoms with Gasteiger partial charge in [-0.05, 0) is 24.5 Å². The SMILES string of the molecule is CC[C@@H](C#Cc1ccccc1)C(C)C. The zero-order chi connectivity index (χ0) is 10.4. The molecular formula is C14H18. The lowest BCUT2D eigenvalue weighted by Crippen LogP contribution is -2.03. The number of hydrogen-bond donors (Lipinski definition) is 0. The molecule has 0 fully saturated rings. The fraction of sp³-hybridized carbons (Fsp3) is 0.429. The first kappa shape index (κ1) is 10.9. The van der Waals surface area contributed by atoms with Gasteiger partial charge in [0.2, 0.25) is 0 Å². The van der Waals surface area contributed by atoms with Crippen molar-refractivity contribution < 1.29 is 0 Å². The molecule has 0 aliphatic heterocycles. The van der Waals surface area contributed by atoms with Crippen LogP contribution in [0.25, 0.3) is 0 Å². The van der Waals surface area contributed by atoms with E-state index in [1.54, 1.807) is 0 Å². The Morgan fingerprint density at radius 2 is 1.79 bits per heavy atom. The van der Waals surface area contributed by atoms with Gasteiger partial charge in [0.1, 0.15) is 0 Å². The first-order chi connectivity index (χ1) is 6.74. The smallest absolute Gasteiger partial charge is 0.0245 e. The van der Waals surface area contributed by atoms with Gasteiger partial charge in [0.05, 0.1) is 0 Å². The molecular weight excluding hydrogens is 168 g/mol. The Kier molecular flexibility index (Phi) is 4.26. The van der Waals surface area contributed by atoms with E-state index in [0.29, 0.717) is 11.8 Å². The summed E-state index contributed by atoms with van der Waals surface area (Å²) in [4.78, 5) is 0. The summed E-state index contributed by atoms with van der Waals surface area (Å²) in [6.45, 7) is 6.66. The zero-order valence-corrected chi connectivity index (χ0v) is 9.25. The molecule has 0 saturated heterocycles. The molecule has 0 N–H and O–H groups in total. The van der Waals surface area contributed by atoms with Crippen molar-refractivity contribution in [1.82, 2.24) is 0 Å². The highest BCUT2D eigenvalue weighted by molar-refractivity contribution is 5.34. The predicted molar refractivity (Wildman–Crippen MR) is 61.9 cm³/mol. The van der Waals surface area contributed by atoms with E-state index in [4.69, 9.17) is 0 Å². The standard InChI is InChI=1S/C14H18/c1-4-14(12(2)3)11-10-13-8-6-5-7-9-13/h5-9,12,14H,4H2,1-3H3/t14-/m0/s1. The van der Waals surface area contributed by atoms with Gasteiger partial charge >= 0.3 is 0 Å². The fourth-order valence-corrected chi connectivity index (χ4v) is 1.44. The van der Waals surface area contributed by atoms with E-state index in [1.165, 1.54) is 0 Å². The molecule has 1 rings (SSSR count). The van der Waals surface area contributed by atoms with Crippen LogP contribution in [0.1, 0.15) is 32.8 Å². The van der Waals surface area contributed by atoms with Crippen LogP contribution in [0.5, 0.6) is 0 Å². The minimum atomic E-state index is 0.523. The van der Waals surface area contributed by atoms with E-state index < -0.39 is 0 Å². The minimum Gasteiger partial charge on any atom is -0.0942 e. The van der Waals surface area contributed by atoms with Crippen LogP contribution in [0.2, 0.25) is 0 Å². The summed E-state index contributed by atoms with van der Waals surface area (Å²) in [6.07, 6.45) is 1.14. The molecule has 0 aromatic heterocycles. The molecule has 0 radical (unpaired) electrons. The maximum absolute atomic E-state index is 3.34. The van der Waals surface area contributed by atoms with E-state index in [2.05, 4.69) is 44.7 Å². The van der Waals surface area contributed by atoms with Gasteiger partial charge < -0.3 is 0 Å². The summed E-state index contributed by atoms with van der Waals surface area (Å²) >= 11 is 0. The van der Waals surface area contributed by atoms with Crippen molar-refractivity contribution in [1.29, 1.82) is 0 Å². The average Bonchev–Trinajstić information content (AvgIpc) is 2.20. The summed E-state index contributed by atoms with van der Waals surface area (Å²) in [7, 11) is 0. The average molecular weight is 186 g/mol. The van der Waals surface area contributed by atoms with E-state index in [1.807, 2.05) is 18.2 Å². The van der Waals surface area contributed by atoms with Gasteiger partial charge in [0.25, 0.3) is 0 Å². The number of rotatable bonds is 2. The summed E-state index contributed by atoms with van der Waals surface area (Å²) in [6, 6.07) is 10.2. The van der Waals surface area contributed by atoms with Crippen molar-refractivity contribution in [2.75, 3.05) is 0 Å². The number of hydrogen-bond acceptors (Lipinski definition) is 0. The molecule has 0 nitrogen and oxygen atoms in total. The highest BCUT2D eigenvalue weighted by Gasteiger charge is 2.06. The molecule has 0 aliphatic carbocycles. The van der Waals surface area contributed by atoms with Crippen LogP contribution in [0.3, 0.4) is 0 Å². The molecule has 1 aromatic rings. The Labute approximate surface area is 87.4 Å². The fourth-order valence-electron chi connectivity index (χ4n) is 1.44. The van der Waals surface area contributed by atoms with E-state index in [0.717, 1.165) is 12.0 Å². The van der Waals surface area contributed by atoms with Gasteiger partial charge in [-0.25, -0.2) is 0 Å². The van der Waals surface area contributed by atoms with Crippen LogP contribution in [0, 0.1) is 23.7 Å². The molecule has 0 heteroatoms. The second kappa shape index (κ2) is 5.50. The Bertz CT molecular complexity index is 311. The molecule has 0 amide bonds. The topological polar surface area (TPSA) is 0 Å². The van der Waals surface area contributed by atoms with Crippen molar-refractivity contribution in [2.45, 2.75) is 27.2 Å². The lowest BCUT2D eigenvalue weighted by Gasteiger charge is -2.10. The van der Waals surface area contributed by atoms with Crippen LogP contribution in [-0.2, 0) is 0 Å². The molecule has 0 spiro atoms. The minimum absolute atomic E-state index is 0.523. The highest BCUT2D eigenvalue weighted by Crippen LogP contribution is 2.13. The van der Waals surface area contributed by atoms with Crippen molar-refractivity contribution in [3.8, 4) is 11.8 Å². The third kappa shape index (κ3) is 3.26. The Hall–Kier alpha value is -1.22. The lowest BCUT2D eigenvalue weighted by molar-refractivity contribution is 0.468. The lowest BCUT2D eigenvalue weighted by atomic mass is 9.94. The third-order valence-corrected chi connectivity index (χ3v) is 2.42. The first-order valence-electron chi connectivity index (χ1n) is 5.30. The molecule has 0 saturated carbocycles. The maximum Gasteiger partial charge on any atom is 0.0245 e. The first-order valence-corrected chi connectivity index (χ1v) is 5.30. The largest absolute Gasteiger partial charge is 0.0942 e. The second-order valence-corrected chi connectivity index (χ2v) is 3.89. The van der Waals surface area contributed by atoms with Crippen LogP contribution >= 0.6 is 0 Å². The highest BCUT2D eigenvalue weighted by atomic mass is 14.1. The molecule has 14 heavy (non-hydrogen) atoms. The van der Waals surface area contributed by atoms with E-state index in [9.17, 15) is 0 Å². The maximum atomic E-state index is 3.34. The number of benzene rings is 1. The monoisotopic (exact) mass is 186 g/mol. The molecule has 0 unspecified atom stereocenters. The molecule has 1 aromatic carbocycles. The summed E-state index contributed by atoms with van der Waals surface area (Å²) < 4.78 is 0. The van der Waals surface area contributed by atoms with Crippen molar-refractivity contribution in [3.63, 3.8) is 0 Å². The molecule has 0 bridgehead atoms. The van der Waals surface area contributed by atoms with Crippen molar-refractivity contribution in [2.24, 2.45) is 11.8 Å². The molecule has 74 valence electrons. The summed E-state index contributed by atoms with van der Waals surface area (Å²) in [5, 5.41) is 0. The van der Waals surface area contributed by atoms with Crippen LogP contribution in [0.15, 0.2) is 30.3 Å². The van der Waals surface area contributed by atoms with Crippen LogP contribution < -0.4 is 0 Å². The Balaban J connectivity index is 2.71. The summed E-state index contributed by atoms with van der Waals surface area (Å²) in [5.41, 5.74) is 1.12. The zero-order valence-electron chi connectivity index (χ0n) is 9.25. The predicted octanol–water partition coefficient (Wildman–Crippen LogP) is 3.72. The van der Waals surface area contributed by atoms with Gasteiger partial charge in [-0.3, -0.25) is 0 Å². The third-order valence-electron chi connectivity index (χ3n) is 2.42.